The van der Waals surface area contributed by atoms with Gasteiger partial charge in [-0.15, -0.1) is 0 Å². The Hall–Kier alpha value is -1.59. The Kier molecular flexibility index (Phi) is 4.55. The SMILES string of the molecule is COCCN=C(NN)C1CCOc2ccccc21. The largest absolute Gasteiger partial charge is 0.493 e. The zero-order valence-electron chi connectivity index (χ0n) is 10.6. The third-order valence-corrected chi connectivity index (χ3v) is 3.01. The minimum absolute atomic E-state index is 0.178. The number of fused-ring (bicyclic) bond motifs is 1. The number of nitrogens with zero attached hydrogens (tertiary/aromatic N) is 1. The van der Waals surface area contributed by atoms with Crippen molar-refractivity contribution in [2.45, 2.75) is 12.3 Å². The molecule has 3 N–H and O–H groups in total. The number of rotatable bonds is 4. The van der Waals surface area contributed by atoms with E-state index >= 15 is 0 Å². The lowest BCUT2D eigenvalue weighted by atomic mass is 9.92. The lowest BCUT2D eigenvalue weighted by Gasteiger charge is -2.26. The highest BCUT2D eigenvalue weighted by atomic mass is 16.5. The van der Waals surface area contributed by atoms with E-state index in [1.54, 1.807) is 7.11 Å². The first-order valence-corrected chi connectivity index (χ1v) is 6.08. The van der Waals surface area contributed by atoms with Gasteiger partial charge < -0.3 is 14.9 Å². The van der Waals surface area contributed by atoms with Crippen LogP contribution in [0.5, 0.6) is 5.75 Å². The molecular weight excluding hydrogens is 230 g/mol. The molecule has 5 nitrogen and oxygen atoms in total. The van der Waals surface area contributed by atoms with Crippen LogP contribution in [-0.2, 0) is 4.74 Å². The van der Waals surface area contributed by atoms with Crippen LogP contribution in [0.1, 0.15) is 17.9 Å². The molecule has 18 heavy (non-hydrogen) atoms. The first kappa shape index (κ1) is 12.9. The number of amidine groups is 1. The molecule has 0 saturated heterocycles. The van der Waals surface area contributed by atoms with Crippen molar-refractivity contribution in [1.29, 1.82) is 0 Å². The topological polar surface area (TPSA) is 68.9 Å². The van der Waals surface area contributed by atoms with Crippen LogP contribution in [0.25, 0.3) is 0 Å². The molecule has 0 aromatic heterocycles. The van der Waals surface area contributed by atoms with Gasteiger partial charge in [-0.1, -0.05) is 18.2 Å². The summed E-state index contributed by atoms with van der Waals surface area (Å²) in [5, 5.41) is 0. The minimum atomic E-state index is 0.178. The Labute approximate surface area is 107 Å². The number of para-hydroxylation sites is 1. The van der Waals surface area contributed by atoms with Crippen LogP contribution >= 0.6 is 0 Å². The summed E-state index contributed by atoms with van der Waals surface area (Å²) in [6.07, 6.45) is 0.882. The third kappa shape index (κ3) is 2.80. The normalized spacial score (nSPS) is 19.0. The molecule has 0 fully saturated rings. The molecule has 0 bridgehead atoms. The standard InChI is InChI=1S/C13H19N3O2/c1-17-9-7-15-13(16-14)11-6-8-18-12-5-3-2-4-10(11)12/h2-5,11H,6-9,14H2,1H3,(H,15,16). The van der Waals surface area contributed by atoms with Gasteiger partial charge in [0, 0.05) is 18.6 Å². The summed E-state index contributed by atoms with van der Waals surface area (Å²) in [7, 11) is 1.66. The lowest BCUT2D eigenvalue weighted by Crippen LogP contribution is -2.37. The minimum Gasteiger partial charge on any atom is -0.493 e. The number of methoxy groups -OCH3 is 1. The van der Waals surface area contributed by atoms with E-state index in [0.717, 1.165) is 23.6 Å². The Bertz CT molecular complexity index is 420. The average Bonchev–Trinajstić information content (AvgIpc) is 2.43. The highest BCUT2D eigenvalue weighted by Crippen LogP contribution is 2.33. The van der Waals surface area contributed by atoms with Crippen molar-refractivity contribution < 1.29 is 9.47 Å². The number of ether oxygens (including phenoxy) is 2. The van der Waals surface area contributed by atoms with E-state index in [-0.39, 0.29) is 5.92 Å². The fraction of sp³-hybridized carbons (Fsp3) is 0.462. The second-order valence-corrected chi connectivity index (χ2v) is 4.13. The second kappa shape index (κ2) is 6.37. The molecule has 5 heteroatoms. The predicted molar refractivity (Wildman–Crippen MR) is 70.8 cm³/mol. The van der Waals surface area contributed by atoms with Crippen molar-refractivity contribution in [3.8, 4) is 5.75 Å². The summed E-state index contributed by atoms with van der Waals surface area (Å²) in [5.41, 5.74) is 3.85. The fourth-order valence-electron chi connectivity index (χ4n) is 2.14. The summed E-state index contributed by atoms with van der Waals surface area (Å²) in [6.45, 7) is 1.89. The molecule has 98 valence electrons. The molecule has 0 aliphatic carbocycles. The van der Waals surface area contributed by atoms with E-state index in [2.05, 4.69) is 16.5 Å². The molecule has 1 atom stereocenters. The van der Waals surface area contributed by atoms with Gasteiger partial charge in [-0.2, -0.15) is 0 Å². The number of nitrogens with one attached hydrogen (secondary N) is 1. The highest BCUT2D eigenvalue weighted by molar-refractivity contribution is 5.89. The number of benzene rings is 1. The Morgan fingerprint density at radius 2 is 2.39 bits per heavy atom. The average molecular weight is 249 g/mol. The number of nitrogens with two attached hydrogens (primary N) is 1. The van der Waals surface area contributed by atoms with Crippen LogP contribution in [0.3, 0.4) is 0 Å². The molecule has 0 saturated carbocycles. The molecule has 1 heterocycles. The molecule has 1 aliphatic heterocycles. The highest BCUT2D eigenvalue weighted by Gasteiger charge is 2.25. The lowest BCUT2D eigenvalue weighted by molar-refractivity contribution is 0.207. The van der Waals surface area contributed by atoms with Crippen LogP contribution in [0.2, 0.25) is 0 Å². The van der Waals surface area contributed by atoms with E-state index in [0.29, 0.717) is 19.8 Å². The number of hydrogen-bond acceptors (Lipinski definition) is 4. The Morgan fingerprint density at radius 1 is 1.56 bits per heavy atom. The van der Waals surface area contributed by atoms with Crippen molar-refractivity contribution in [2.75, 3.05) is 26.9 Å². The molecular formula is C13H19N3O2. The van der Waals surface area contributed by atoms with Crippen LogP contribution in [-0.4, -0.2) is 32.7 Å². The predicted octanol–water partition coefficient (Wildman–Crippen LogP) is 1.06. The van der Waals surface area contributed by atoms with Gasteiger partial charge in [0.05, 0.1) is 19.8 Å². The smallest absolute Gasteiger partial charge is 0.123 e. The van der Waals surface area contributed by atoms with Crippen molar-refractivity contribution in [3.63, 3.8) is 0 Å². The van der Waals surface area contributed by atoms with E-state index in [9.17, 15) is 0 Å². The first-order valence-electron chi connectivity index (χ1n) is 6.08. The van der Waals surface area contributed by atoms with Gasteiger partial charge in [-0.3, -0.25) is 4.99 Å². The molecule has 1 aromatic carbocycles. The van der Waals surface area contributed by atoms with Gasteiger partial charge in [0.1, 0.15) is 11.6 Å². The number of hydrogen-bond donors (Lipinski definition) is 2. The van der Waals surface area contributed by atoms with E-state index in [4.69, 9.17) is 15.3 Å². The van der Waals surface area contributed by atoms with Gasteiger partial charge in [-0.25, -0.2) is 5.84 Å². The monoisotopic (exact) mass is 249 g/mol. The van der Waals surface area contributed by atoms with Crippen molar-refractivity contribution >= 4 is 5.84 Å². The van der Waals surface area contributed by atoms with Gasteiger partial charge in [-0.05, 0) is 12.5 Å². The number of aliphatic imine (C=N–C) groups is 1. The van der Waals surface area contributed by atoms with Crippen molar-refractivity contribution in [2.24, 2.45) is 10.8 Å². The summed E-state index contributed by atoms with van der Waals surface area (Å²) in [4.78, 5) is 4.45. The Balaban J connectivity index is 2.19. The van der Waals surface area contributed by atoms with Crippen LogP contribution in [0.4, 0.5) is 0 Å². The van der Waals surface area contributed by atoms with E-state index < -0.39 is 0 Å². The van der Waals surface area contributed by atoms with Crippen LogP contribution in [0, 0.1) is 0 Å². The van der Waals surface area contributed by atoms with Crippen LogP contribution < -0.4 is 16.0 Å². The maximum absolute atomic E-state index is 5.63. The van der Waals surface area contributed by atoms with E-state index in [1.807, 2.05) is 18.2 Å². The summed E-state index contributed by atoms with van der Waals surface area (Å²) in [6, 6.07) is 8.01. The maximum atomic E-state index is 5.63. The van der Waals surface area contributed by atoms with Crippen LogP contribution in [0.15, 0.2) is 29.3 Å². The summed E-state index contributed by atoms with van der Waals surface area (Å²) < 4.78 is 10.6. The molecule has 2 rings (SSSR count). The molecule has 0 amide bonds. The second-order valence-electron chi connectivity index (χ2n) is 4.13. The molecule has 1 aromatic rings. The molecule has 0 radical (unpaired) electrons. The van der Waals surface area contributed by atoms with Gasteiger partial charge in [0.25, 0.3) is 0 Å². The first-order chi connectivity index (χ1) is 8.86. The van der Waals surface area contributed by atoms with Gasteiger partial charge in [0.15, 0.2) is 0 Å². The van der Waals surface area contributed by atoms with Crippen molar-refractivity contribution in [3.05, 3.63) is 29.8 Å². The number of hydrazine groups is 1. The van der Waals surface area contributed by atoms with Gasteiger partial charge >= 0.3 is 0 Å². The maximum Gasteiger partial charge on any atom is 0.123 e. The van der Waals surface area contributed by atoms with Gasteiger partial charge in [0.2, 0.25) is 0 Å². The Morgan fingerprint density at radius 3 is 3.17 bits per heavy atom. The third-order valence-electron chi connectivity index (χ3n) is 3.01. The zero-order chi connectivity index (χ0) is 12.8. The fourth-order valence-corrected chi connectivity index (χ4v) is 2.14. The molecule has 0 spiro atoms. The molecule has 1 unspecified atom stereocenters. The van der Waals surface area contributed by atoms with E-state index in [1.165, 1.54) is 0 Å². The van der Waals surface area contributed by atoms with Crippen molar-refractivity contribution in [1.82, 2.24) is 5.43 Å². The quantitative estimate of drug-likeness (QED) is 0.275. The summed E-state index contributed by atoms with van der Waals surface area (Å²) >= 11 is 0. The molecule has 1 aliphatic rings. The summed E-state index contributed by atoms with van der Waals surface area (Å²) in [5.74, 6) is 7.47. The zero-order valence-corrected chi connectivity index (χ0v) is 10.6.